The van der Waals surface area contributed by atoms with Gasteiger partial charge in [0.1, 0.15) is 11.5 Å². The molecule has 1 aliphatic heterocycles. The summed E-state index contributed by atoms with van der Waals surface area (Å²) in [7, 11) is 1.81. The zero-order valence-corrected chi connectivity index (χ0v) is 15.9. The Balaban J connectivity index is 1.63. The molecule has 0 radical (unpaired) electrons. The Morgan fingerprint density at radius 2 is 1.79 bits per heavy atom. The Labute approximate surface area is 165 Å². The lowest BCUT2D eigenvalue weighted by Crippen LogP contribution is -2.36. The third kappa shape index (κ3) is 3.76. The molecule has 1 amide bonds. The number of carbonyl (C=O) groups is 1. The molecule has 0 saturated carbocycles. The topological polar surface area (TPSA) is 54.3 Å². The molecule has 0 atom stereocenters. The highest BCUT2D eigenvalue weighted by Gasteiger charge is 2.36. The maximum Gasteiger partial charge on any atom is 0.451 e. The van der Waals surface area contributed by atoms with Crippen LogP contribution in [0.5, 0.6) is 0 Å². The van der Waals surface area contributed by atoms with E-state index in [9.17, 15) is 18.0 Å². The number of benzene rings is 1. The summed E-state index contributed by atoms with van der Waals surface area (Å²) in [5.74, 6) is -0.967. The van der Waals surface area contributed by atoms with E-state index < -0.39 is 12.0 Å². The Morgan fingerprint density at radius 3 is 2.52 bits per heavy atom. The highest BCUT2D eigenvalue weighted by Crippen LogP contribution is 2.32. The third-order valence-corrected chi connectivity index (χ3v) is 5.08. The van der Waals surface area contributed by atoms with Crippen LogP contribution in [0.25, 0.3) is 10.9 Å². The molecular formula is C20H20F3N5O. The number of anilines is 1. The minimum atomic E-state index is -4.63. The van der Waals surface area contributed by atoms with Crippen LogP contribution in [0.2, 0.25) is 0 Å². The number of alkyl halides is 3. The maximum absolute atomic E-state index is 13.3. The zero-order valence-electron chi connectivity index (χ0n) is 15.9. The molecule has 0 N–H and O–H groups in total. The largest absolute Gasteiger partial charge is 0.451 e. The molecule has 1 aliphatic rings. The average Bonchev–Trinajstić information content (AvgIpc) is 2.97. The predicted molar refractivity (Wildman–Crippen MR) is 103 cm³/mol. The van der Waals surface area contributed by atoms with Crippen LogP contribution in [0.3, 0.4) is 0 Å². The third-order valence-electron chi connectivity index (χ3n) is 5.08. The van der Waals surface area contributed by atoms with Gasteiger partial charge in [-0.2, -0.15) is 13.2 Å². The first kappa shape index (κ1) is 19.2. The lowest BCUT2D eigenvalue weighted by atomic mass is 10.2. The van der Waals surface area contributed by atoms with Gasteiger partial charge in [0, 0.05) is 44.8 Å². The number of aromatic nitrogens is 3. The molecule has 152 valence electrons. The molecule has 0 unspecified atom stereocenters. The SMILES string of the molecule is Cn1cccc1C(=O)N1CCCN(c2nc(C(F)(F)F)nc3ccccc23)CC1. The van der Waals surface area contributed by atoms with Gasteiger partial charge in [-0.25, -0.2) is 9.97 Å². The summed E-state index contributed by atoms with van der Waals surface area (Å²) in [6.45, 7) is 1.85. The number of para-hydroxylation sites is 1. The Kier molecular flexibility index (Phi) is 4.89. The van der Waals surface area contributed by atoms with E-state index in [1.54, 1.807) is 39.8 Å². The number of carbonyl (C=O) groups excluding carboxylic acids is 1. The van der Waals surface area contributed by atoms with Gasteiger partial charge in [-0.3, -0.25) is 4.79 Å². The quantitative estimate of drug-likeness (QED) is 0.659. The number of halogens is 3. The lowest BCUT2D eigenvalue weighted by molar-refractivity contribution is -0.144. The average molecular weight is 403 g/mol. The first-order chi connectivity index (χ1) is 13.8. The molecule has 0 aliphatic carbocycles. The van der Waals surface area contributed by atoms with E-state index in [-0.39, 0.29) is 17.2 Å². The second-order valence-electron chi connectivity index (χ2n) is 7.02. The van der Waals surface area contributed by atoms with Crippen molar-refractivity contribution in [3.8, 4) is 0 Å². The number of aryl methyl sites for hydroxylation is 1. The van der Waals surface area contributed by atoms with Crippen molar-refractivity contribution in [1.29, 1.82) is 0 Å². The normalized spacial score (nSPS) is 15.6. The summed E-state index contributed by atoms with van der Waals surface area (Å²) in [6.07, 6.45) is -2.18. The minimum Gasteiger partial charge on any atom is -0.354 e. The fourth-order valence-corrected chi connectivity index (χ4v) is 3.61. The molecule has 2 aromatic heterocycles. The molecule has 6 nitrogen and oxygen atoms in total. The molecule has 9 heteroatoms. The van der Waals surface area contributed by atoms with Gasteiger partial charge >= 0.3 is 6.18 Å². The van der Waals surface area contributed by atoms with Crippen LogP contribution >= 0.6 is 0 Å². The Bertz CT molecular complexity index is 1050. The minimum absolute atomic E-state index is 0.0807. The van der Waals surface area contributed by atoms with E-state index in [2.05, 4.69) is 9.97 Å². The highest BCUT2D eigenvalue weighted by atomic mass is 19.4. The van der Waals surface area contributed by atoms with Crippen molar-refractivity contribution in [2.24, 2.45) is 7.05 Å². The molecule has 0 spiro atoms. The van der Waals surface area contributed by atoms with E-state index in [1.807, 2.05) is 24.2 Å². The van der Waals surface area contributed by atoms with Crippen molar-refractivity contribution in [2.75, 3.05) is 31.1 Å². The molecular weight excluding hydrogens is 383 g/mol. The van der Waals surface area contributed by atoms with Crippen LogP contribution in [0.15, 0.2) is 42.6 Å². The molecule has 1 saturated heterocycles. The Morgan fingerprint density at radius 1 is 1.00 bits per heavy atom. The van der Waals surface area contributed by atoms with Crippen molar-refractivity contribution in [3.05, 3.63) is 54.1 Å². The lowest BCUT2D eigenvalue weighted by Gasteiger charge is -2.24. The van der Waals surface area contributed by atoms with Crippen molar-refractivity contribution < 1.29 is 18.0 Å². The van der Waals surface area contributed by atoms with Gasteiger partial charge in [-0.15, -0.1) is 0 Å². The number of hydrogen-bond donors (Lipinski definition) is 0. The van der Waals surface area contributed by atoms with Gasteiger partial charge in [0.15, 0.2) is 0 Å². The molecule has 0 bridgehead atoms. The molecule has 3 aromatic rings. The summed E-state index contributed by atoms with van der Waals surface area (Å²) >= 11 is 0. The van der Waals surface area contributed by atoms with Crippen molar-refractivity contribution in [3.63, 3.8) is 0 Å². The van der Waals surface area contributed by atoms with Gasteiger partial charge in [-0.1, -0.05) is 12.1 Å². The van der Waals surface area contributed by atoms with Gasteiger partial charge in [-0.05, 0) is 30.7 Å². The van der Waals surface area contributed by atoms with Gasteiger partial charge in [0.05, 0.1) is 5.52 Å². The first-order valence-corrected chi connectivity index (χ1v) is 9.34. The second-order valence-corrected chi connectivity index (χ2v) is 7.02. The fraction of sp³-hybridized carbons (Fsp3) is 0.350. The van der Waals surface area contributed by atoms with Crippen LogP contribution in [-0.4, -0.2) is 51.5 Å². The number of hydrogen-bond acceptors (Lipinski definition) is 4. The first-order valence-electron chi connectivity index (χ1n) is 9.34. The standard InChI is InChI=1S/C20H20F3N5O/c1-26-9-4-8-16(26)18(29)28-11-5-10-27(12-13-28)17-14-6-2-3-7-15(14)24-19(25-17)20(21,22)23/h2-4,6-9H,5,10-13H2,1H3. The summed E-state index contributed by atoms with van der Waals surface area (Å²) < 4.78 is 41.7. The number of fused-ring (bicyclic) bond motifs is 1. The zero-order chi connectivity index (χ0) is 20.6. The molecule has 29 heavy (non-hydrogen) atoms. The molecule has 3 heterocycles. The molecule has 1 aromatic carbocycles. The fourth-order valence-electron chi connectivity index (χ4n) is 3.61. The summed E-state index contributed by atoms with van der Waals surface area (Å²) in [5, 5.41) is 0.572. The monoisotopic (exact) mass is 403 g/mol. The molecule has 1 fully saturated rings. The van der Waals surface area contributed by atoms with Gasteiger partial charge in [0.25, 0.3) is 5.91 Å². The molecule has 4 rings (SSSR count). The van der Waals surface area contributed by atoms with E-state index >= 15 is 0 Å². The van der Waals surface area contributed by atoms with Crippen LogP contribution in [-0.2, 0) is 13.2 Å². The van der Waals surface area contributed by atoms with Crippen molar-refractivity contribution in [2.45, 2.75) is 12.6 Å². The second kappa shape index (κ2) is 7.38. The highest BCUT2D eigenvalue weighted by molar-refractivity contribution is 5.93. The maximum atomic E-state index is 13.3. The van der Waals surface area contributed by atoms with Crippen LogP contribution in [0, 0.1) is 0 Å². The summed E-state index contributed by atoms with van der Waals surface area (Å²) in [4.78, 5) is 23.9. The van der Waals surface area contributed by atoms with Crippen LogP contribution in [0.4, 0.5) is 19.0 Å². The number of nitrogens with zero attached hydrogens (tertiary/aromatic N) is 5. The summed E-state index contributed by atoms with van der Waals surface area (Å²) in [5.41, 5.74) is 0.844. The van der Waals surface area contributed by atoms with Crippen LogP contribution < -0.4 is 4.90 Å². The van der Waals surface area contributed by atoms with E-state index in [1.165, 1.54) is 0 Å². The number of rotatable bonds is 2. The summed E-state index contributed by atoms with van der Waals surface area (Å²) in [6, 6.07) is 10.3. The van der Waals surface area contributed by atoms with Crippen molar-refractivity contribution in [1.82, 2.24) is 19.4 Å². The Hall–Kier alpha value is -3.10. The predicted octanol–water partition coefficient (Wildman–Crippen LogP) is 3.34. The van der Waals surface area contributed by atoms with Crippen LogP contribution in [0.1, 0.15) is 22.7 Å². The van der Waals surface area contributed by atoms with Crippen molar-refractivity contribution >= 4 is 22.6 Å². The smallest absolute Gasteiger partial charge is 0.354 e. The van der Waals surface area contributed by atoms with Gasteiger partial charge in [0.2, 0.25) is 5.82 Å². The van der Waals surface area contributed by atoms with E-state index in [4.69, 9.17) is 0 Å². The van der Waals surface area contributed by atoms with E-state index in [0.29, 0.717) is 43.7 Å². The van der Waals surface area contributed by atoms with E-state index in [0.717, 1.165) is 0 Å². The van der Waals surface area contributed by atoms with Gasteiger partial charge < -0.3 is 14.4 Å². The number of amides is 1.